The summed E-state index contributed by atoms with van der Waals surface area (Å²) < 4.78 is 18.4. The van der Waals surface area contributed by atoms with Crippen LogP contribution in [0.15, 0.2) is 29.6 Å². The van der Waals surface area contributed by atoms with Crippen molar-refractivity contribution in [2.75, 3.05) is 19.8 Å². The number of aliphatic hydroxyl groups excluding tert-OH is 1. The summed E-state index contributed by atoms with van der Waals surface area (Å²) in [6, 6.07) is 6.31. The number of hydrogen-bond acceptors (Lipinski definition) is 11. The fourth-order valence-electron chi connectivity index (χ4n) is 9.16. The van der Waals surface area contributed by atoms with E-state index < -0.39 is 40.8 Å². The lowest BCUT2D eigenvalue weighted by atomic mass is 9.77. The number of carbonyl (C=O) groups excluding carboxylic acids is 3. The topological polar surface area (TPSA) is 165 Å². The zero-order chi connectivity index (χ0) is 40.8. The number of carboxylic acids is 1. The third-order valence-electron chi connectivity index (χ3n) is 12.6. The summed E-state index contributed by atoms with van der Waals surface area (Å²) in [5, 5.41) is 23.3. The minimum absolute atomic E-state index is 0.0756. The molecule has 0 spiro atoms. The number of ether oxygens (including phenoxy) is 3. The van der Waals surface area contributed by atoms with Gasteiger partial charge in [-0.25, -0.2) is 9.97 Å². The number of likely N-dealkylation sites (tertiary alicyclic amines) is 1. The number of aliphatic hydroxyl groups is 1. The van der Waals surface area contributed by atoms with E-state index in [-0.39, 0.29) is 62.7 Å². The summed E-state index contributed by atoms with van der Waals surface area (Å²) in [5.41, 5.74) is 0.103. The van der Waals surface area contributed by atoms with E-state index in [1.54, 1.807) is 28.4 Å². The molecule has 2 unspecified atom stereocenters. The van der Waals surface area contributed by atoms with Crippen LogP contribution in [-0.2, 0) is 30.3 Å². The molecule has 7 rings (SSSR count). The maximum absolute atomic E-state index is 14.8. The summed E-state index contributed by atoms with van der Waals surface area (Å²) in [6.45, 7) is 12.0. The van der Waals surface area contributed by atoms with Gasteiger partial charge in [-0.15, -0.1) is 11.3 Å². The Hall–Kier alpha value is -4.10. The van der Waals surface area contributed by atoms with Gasteiger partial charge in [0.25, 0.3) is 0 Å². The number of ketones is 1. The Kier molecular flexibility index (Phi) is 11.7. The summed E-state index contributed by atoms with van der Waals surface area (Å²) >= 11 is 1.57. The van der Waals surface area contributed by atoms with Gasteiger partial charge in [0.15, 0.2) is 5.78 Å². The summed E-state index contributed by atoms with van der Waals surface area (Å²) in [6.07, 6.45) is 4.00. The Morgan fingerprint density at radius 2 is 1.77 bits per heavy atom. The molecule has 0 bridgehead atoms. The lowest BCUT2D eigenvalue weighted by Crippen LogP contribution is -2.48. The molecule has 2 N–H and O–H groups in total. The van der Waals surface area contributed by atoms with E-state index in [1.165, 1.54) is 6.42 Å². The Morgan fingerprint density at radius 1 is 1.02 bits per heavy atom. The zero-order valence-corrected chi connectivity index (χ0v) is 34.8. The normalized spacial score (nSPS) is 27.0. The van der Waals surface area contributed by atoms with Gasteiger partial charge in [-0.2, -0.15) is 0 Å². The highest BCUT2D eigenvalue weighted by atomic mass is 32.1. The average Bonchev–Trinajstić information content (AvgIpc) is 3.82. The van der Waals surface area contributed by atoms with Crippen LogP contribution in [0.1, 0.15) is 97.9 Å². The molecule has 1 saturated heterocycles. The number of carbonyl (C=O) groups is 4. The number of pyridine rings is 1. The summed E-state index contributed by atoms with van der Waals surface area (Å²) in [5.74, 6) is -0.170. The molecule has 4 aliphatic rings. The molecule has 308 valence electrons. The van der Waals surface area contributed by atoms with Crippen LogP contribution in [-0.4, -0.2) is 86.7 Å². The molecule has 1 aromatic carbocycles. The number of carboxylic acid groups (broad SMARTS) is 1. The first-order valence-corrected chi connectivity index (χ1v) is 21.5. The van der Waals surface area contributed by atoms with Gasteiger partial charge in [0, 0.05) is 42.2 Å². The third-order valence-corrected chi connectivity index (χ3v) is 13.4. The first-order chi connectivity index (χ1) is 27.1. The smallest absolute Gasteiger partial charge is 0.310 e. The van der Waals surface area contributed by atoms with E-state index in [0.717, 1.165) is 24.3 Å². The van der Waals surface area contributed by atoms with Gasteiger partial charge in [-0.3, -0.25) is 19.2 Å². The van der Waals surface area contributed by atoms with Gasteiger partial charge in [0.2, 0.25) is 5.91 Å². The second kappa shape index (κ2) is 16.3. The third kappa shape index (κ3) is 8.99. The average molecular weight is 804 g/mol. The minimum Gasteiger partial charge on any atom is -0.491 e. The highest BCUT2D eigenvalue weighted by Gasteiger charge is 2.61. The number of fused-ring (bicyclic) bond motifs is 2. The number of esters is 1. The molecule has 8 atom stereocenters. The van der Waals surface area contributed by atoms with E-state index in [1.807, 2.05) is 45.2 Å². The van der Waals surface area contributed by atoms with Gasteiger partial charge >= 0.3 is 11.9 Å². The maximum Gasteiger partial charge on any atom is 0.310 e. The number of nitrogens with zero attached hydrogens (tertiary/aromatic N) is 3. The summed E-state index contributed by atoms with van der Waals surface area (Å²) in [7, 11) is 0. The largest absolute Gasteiger partial charge is 0.491 e. The number of amides is 1. The highest BCUT2D eigenvalue weighted by molar-refractivity contribution is 7.09. The van der Waals surface area contributed by atoms with Crippen molar-refractivity contribution >= 4 is 45.9 Å². The molecule has 2 aromatic heterocycles. The van der Waals surface area contributed by atoms with Crippen molar-refractivity contribution in [3.8, 4) is 22.9 Å². The van der Waals surface area contributed by atoms with E-state index >= 15 is 0 Å². The molecule has 13 heteroatoms. The van der Waals surface area contributed by atoms with Crippen molar-refractivity contribution in [3.63, 3.8) is 0 Å². The fraction of sp³-hybridized carbons (Fsp3) is 0.636. The van der Waals surface area contributed by atoms with Crippen molar-refractivity contribution in [2.24, 2.45) is 40.4 Å². The van der Waals surface area contributed by atoms with Crippen molar-refractivity contribution in [3.05, 3.63) is 34.7 Å². The molecule has 1 aliphatic heterocycles. The van der Waals surface area contributed by atoms with Gasteiger partial charge in [0.1, 0.15) is 30.3 Å². The molecule has 3 heterocycles. The molecular weight excluding hydrogens is 747 g/mol. The predicted octanol–water partition coefficient (Wildman–Crippen LogP) is 7.13. The lowest BCUT2D eigenvalue weighted by molar-refractivity contribution is -0.157. The predicted molar refractivity (Wildman–Crippen MR) is 215 cm³/mol. The van der Waals surface area contributed by atoms with E-state index in [0.29, 0.717) is 64.4 Å². The summed E-state index contributed by atoms with van der Waals surface area (Å²) in [4.78, 5) is 66.4. The van der Waals surface area contributed by atoms with E-state index in [2.05, 4.69) is 13.8 Å². The van der Waals surface area contributed by atoms with Crippen LogP contribution in [0, 0.1) is 40.4 Å². The number of aromatic nitrogens is 2. The molecule has 12 nitrogen and oxygen atoms in total. The molecule has 1 amide bonds. The molecular formula is C44H57N3O9S. The second-order valence-electron chi connectivity index (χ2n) is 18.3. The zero-order valence-electron chi connectivity index (χ0n) is 34.0. The van der Waals surface area contributed by atoms with Crippen LogP contribution < -0.4 is 9.47 Å². The Labute approximate surface area is 338 Å². The molecule has 57 heavy (non-hydrogen) atoms. The number of hydrogen-bond donors (Lipinski definition) is 2. The Balaban J connectivity index is 1.19. The van der Waals surface area contributed by atoms with Crippen molar-refractivity contribution in [1.29, 1.82) is 0 Å². The molecule has 4 fully saturated rings. The number of Topliss-reactive ketones (excluding diaryl/α,β-unsaturated/α-hetero) is 1. The van der Waals surface area contributed by atoms with Crippen LogP contribution in [0.2, 0.25) is 0 Å². The van der Waals surface area contributed by atoms with E-state index in [9.17, 15) is 29.4 Å². The quantitative estimate of drug-likeness (QED) is 0.133. The SMILES string of the molecule is CC[C@@H]1C[C@]1(CC(=O)[C@@H]1C[C@@H](Oc2cc(-c3csc(CC(C)C)n3)nc3cc(OCCO)ccc23)CN1C(=O)[C@@H](CC(=O)OC1CC2C[C@H]2C1)C(C)(C)C)C(=O)O. The van der Waals surface area contributed by atoms with Gasteiger partial charge < -0.3 is 29.3 Å². The Morgan fingerprint density at radius 3 is 2.42 bits per heavy atom. The number of aliphatic carboxylic acids is 1. The molecule has 0 radical (unpaired) electrons. The number of benzene rings is 1. The maximum atomic E-state index is 14.8. The van der Waals surface area contributed by atoms with Crippen LogP contribution in [0.4, 0.5) is 0 Å². The van der Waals surface area contributed by atoms with Crippen molar-refractivity contribution in [1.82, 2.24) is 14.9 Å². The lowest BCUT2D eigenvalue weighted by Gasteiger charge is -2.35. The first-order valence-electron chi connectivity index (χ1n) is 20.6. The molecule has 3 saturated carbocycles. The van der Waals surface area contributed by atoms with Crippen molar-refractivity contribution < 1.29 is 43.6 Å². The molecule has 3 aromatic rings. The number of thiazole rings is 1. The van der Waals surface area contributed by atoms with Gasteiger partial charge in [0.05, 0.1) is 58.9 Å². The number of rotatable bonds is 17. The van der Waals surface area contributed by atoms with Crippen LogP contribution >= 0.6 is 11.3 Å². The fourth-order valence-corrected chi connectivity index (χ4v) is 10.2. The van der Waals surface area contributed by atoms with Crippen LogP contribution in [0.3, 0.4) is 0 Å². The standard InChI is InChI=1S/C44H57N3O9S/c1-7-27-20-44(27,42(52)53)21-37(49)36-17-30(22-47(36)41(51)32(43(4,5)6)18-40(50)56-29-14-25-13-26(25)15-29)55-38-19-34(35-23-57-39(46-35)12-24(2)3)45-33-16-28(54-11-10-48)8-9-31(33)38/h8-9,16,19,23-27,29-30,32,36,48H,7,10-15,17-18,20-22H2,1-6H3,(H,52,53)/t25-,26?,27+,29?,30+,32+,36-,44+/m0/s1. The monoisotopic (exact) mass is 803 g/mol. The van der Waals surface area contributed by atoms with E-state index in [4.69, 9.17) is 24.2 Å². The second-order valence-corrected chi connectivity index (χ2v) is 19.3. The van der Waals surface area contributed by atoms with Gasteiger partial charge in [-0.1, -0.05) is 48.0 Å². The first kappa shape index (κ1) is 41.1. The Bertz CT molecular complexity index is 2000. The highest BCUT2D eigenvalue weighted by Crippen LogP contribution is 2.58. The van der Waals surface area contributed by atoms with Crippen LogP contribution in [0.25, 0.3) is 22.3 Å². The van der Waals surface area contributed by atoms with Crippen molar-refractivity contribution in [2.45, 2.75) is 118 Å². The van der Waals surface area contributed by atoms with Crippen LogP contribution in [0.5, 0.6) is 11.5 Å². The minimum atomic E-state index is -1.14. The molecule has 3 aliphatic carbocycles. The van der Waals surface area contributed by atoms with Gasteiger partial charge in [-0.05, 0) is 66.9 Å².